The highest BCUT2D eigenvalue weighted by atomic mass is 35.5. The highest BCUT2D eigenvalue weighted by Crippen LogP contribution is 2.20. The van der Waals surface area contributed by atoms with E-state index in [1.165, 1.54) is 6.07 Å². The van der Waals surface area contributed by atoms with Crippen molar-refractivity contribution in [1.82, 2.24) is 10.6 Å². The van der Waals surface area contributed by atoms with E-state index >= 15 is 0 Å². The van der Waals surface area contributed by atoms with Crippen LogP contribution in [0.1, 0.15) is 21.5 Å². The summed E-state index contributed by atoms with van der Waals surface area (Å²) >= 11 is 11.8. The Morgan fingerprint density at radius 1 is 0.962 bits per heavy atom. The normalized spacial score (nSPS) is 10.3. The number of ether oxygens (including phenoxy) is 1. The van der Waals surface area contributed by atoms with Crippen molar-refractivity contribution in [1.29, 1.82) is 0 Å². The third-order valence-electron chi connectivity index (χ3n) is 3.75. The van der Waals surface area contributed by atoms with Crippen molar-refractivity contribution < 1.29 is 14.3 Å². The van der Waals surface area contributed by atoms with Crippen LogP contribution in [-0.2, 0) is 4.79 Å². The molecule has 0 atom stereocenters. The van der Waals surface area contributed by atoms with Gasteiger partial charge < -0.3 is 15.4 Å². The van der Waals surface area contributed by atoms with Crippen molar-refractivity contribution in [3.8, 4) is 5.75 Å². The van der Waals surface area contributed by atoms with E-state index in [0.717, 1.165) is 11.1 Å². The van der Waals surface area contributed by atoms with Gasteiger partial charge in [0.25, 0.3) is 11.8 Å². The molecule has 0 aliphatic rings. The lowest BCUT2D eigenvalue weighted by molar-refractivity contribution is -0.123. The number of halogens is 2. The fraction of sp³-hybridized carbons (Fsp3) is 0.263. The first-order valence-electron chi connectivity index (χ1n) is 8.07. The Bertz CT molecular complexity index is 809. The van der Waals surface area contributed by atoms with Crippen molar-refractivity contribution in [3.63, 3.8) is 0 Å². The maximum Gasteiger partial charge on any atom is 0.258 e. The Hall–Kier alpha value is -2.24. The lowest BCUT2D eigenvalue weighted by Crippen LogP contribution is -2.36. The van der Waals surface area contributed by atoms with Crippen LogP contribution in [0.3, 0.4) is 0 Å². The summed E-state index contributed by atoms with van der Waals surface area (Å²) < 4.78 is 5.45. The topological polar surface area (TPSA) is 67.4 Å². The molecule has 0 radical (unpaired) electrons. The SMILES string of the molecule is Cc1ccc(OCC(=O)NCCNC(=O)c2cc(Cl)ccc2Cl)cc1C. The van der Waals surface area contributed by atoms with Gasteiger partial charge in [0.15, 0.2) is 6.61 Å². The maximum absolute atomic E-state index is 12.0. The van der Waals surface area contributed by atoms with Crippen LogP contribution in [0.2, 0.25) is 10.0 Å². The van der Waals surface area contributed by atoms with Crippen LogP contribution in [0.15, 0.2) is 36.4 Å². The van der Waals surface area contributed by atoms with Gasteiger partial charge in [-0.2, -0.15) is 0 Å². The van der Waals surface area contributed by atoms with E-state index in [1.54, 1.807) is 12.1 Å². The van der Waals surface area contributed by atoms with Gasteiger partial charge in [0.1, 0.15) is 5.75 Å². The molecular weight excluding hydrogens is 375 g/mol. The molecule has 26 heavy (non-hydrogen) atoms. The van der Waals surface area contributed by atoms with Crippen LogP contribution in [0.5, 0.6) is 5.75 Å². The smallest absolute Gasteiger partial charge is 0.258 e. The molecule has 0 bridgehead atoms. The summed E-state index contributed by atoms with van der Waals surface area (Å²) in [5, 5.41) is 6.09. The Morgan fingerprint density at radius 3 is 2.42 bits per heavy atom. The molecule has 0 fully saturated rings. The molecule has 0 saturated carbocycles. The molecule has 2 N–H and O–H groups in total. The van der Waals surface area contributed by atoms with Crippen molar-refractivity contribution in [2.45, 2.75) is 13.8 Å². The number of nitrogens with one attached hydrogen (secondary N) is 2. The number of carbonyl (C=O) groups is 2. The number of hydrogen-bond donors (Lipinski definition) is 2. The van der Waals surface area contributed by atoms with Crippen molar-refractivity contribution in [2.24, 2.45) is 0 Å². The standard InChI is InChI=1S/C19H20Cl2N2O3/c1-12-3-5-15(9-13(12)2)26-11-18(24)22-7-8-23-19(25)16-10-14(20)4-6-17(16)21/h3-6,9-10H,7-8,11H2,1-2H3,(H,22,24)(H,23,25). The van der Waals surface area contributed by atoms with Crippen LogP contribution >= 0.6 is 23.2 Å². The first-order chi connectivity index (χ1) is 12.4. The highest BCUT2D eigenvalue weighted by molar-refractivity contribution is 6.35. The average molecular weight is 395 g/mol. The molecule has 0 heterocycles. The lowest BCUT2D eigenvalue weighted by Gasteiger charge is -2.10. The molecule has 0 aliphatic heterocycles. The lowest BCUT2D eigenvalue weighted by atomic mass is 10.1. The van der Waals surface area contributed by atoms with Gasteiger partial charge >= 0.3 is 0 Å². The fourth-order valence-corrected chi connectivity index (χ4v) is 2.52. The number of amides is 2. The van der Waals surface area contributed by atoms with E-state index in [9.17, 15) is 9.59 Å². The molecular formula is C19H20Cl2N2O3. The molecule has 0 saturated heterocycles. The van der Waals surface area contributed by atoms with Gasteiger partial charge in [-0.3, -0.25) is 9.59 Å². The predicted molar refractivity (Wildman–Crippen MR) is 103 cm³/mol. The van der Waals surface area contributed by atoms with E-state index in [-0.39, 0.29) is 31.5 Å². The van der Waals surface area contributed by atoms with E-state index in [0.29, 0.717) is 21.4 Å². The zero-order valence-corrected chi connectivity index (χ0v) is 16.1. The molecule has 2 rings (SSSR count). The van der Waals surface area contributed by atoms with Gasteiger partial charge in [-0.05, 0) is 55.3 Å². The summed E-state index contributed by atoms with van der Waals surface area (Å²) in [6.45, 7) is 4.44. The van der Waals surface area contributed by atoms with E-state index in [4.69, 9.17) is 27.9 Å². The predicted octanol–water partition coefficient (Wildman–Crippen LogP) is 3.54. The summed E-state index contributed by atoms with van der Waals surface area (Å²) in [6, 6.07) is 10.3. The Kier molecular flexibility index (Phi) is 7.30. The van der Waals surface area contributed by atoms with Crippen LogP contribution in [0.25, 0.3) is 0 Å². The largest absolute Gasteiger partial charge is 0.484 e. The summed E-state index contributed by atoms with van der Waals surface area (Å²) in [6.07, 6.45) is 0. The minimum Gasteiger partial charge on any atom is -0.484 e. The molecule has 0 aliphatic carbocycles. The minimum atomic E-state index is -0.349. The average Bonchev–Trinajstić information content (AvgIpc) is 2.61. The number of carbonyl (C=O) groups excluding carboxylic acids is 2. The van der Waals surface area contributed by atoms with Crippen LogP contribution in [-0.4, -0.2) is 31.5 Å². The van der Waals surface area contributed by atoms with E-state index in [1.807, 2.05) is 32.0 Å². The summed E-state index contributed by atoms with van der Waals surface area (Å²) in [5.74, 6) is 0.0311. The highest BCUT2D eigenvalue weighted by Gasteiger charge is 2.10. The number of hydrogen-bond acceptors (Lipinski definition) is 3. The van der Waals surface area contributed by atoms with Crippen LogP contribution in [0, 0.1) is 13.8 Å². The van der Waals surface area contributed by atoms with Crippen molar-refractivity contribution in [2.75, 3.05) is 19.7 Å². The molecule has 0 aromatic heterocycles. The zero-order chi connectivity index (χ0) is 19.1. The molecule has 0 spiro atoms. The summed E-state index contributed by atoms with van der Waals surface area (Å²) in [4.78, 5) is 23.8. The third kappa shape index (κ3) is 5.93. The quantitative estimate of drug-likeness (QED) is 0.705. The van der Waals surface area contributed by atoms with Gasteiger partial charge in [0, 0.05) is 18.1 Å². The Morgan fingerprint density at radius 2 is 1.69 bits per heavy atom. The second-order valence-corrected chi connectivity index (χ2v) is 6.61. The Balaban J connectivity index is 1.70. The molecule has 2 amide bonds. The van der Waals surface area contributed by atoms with Crippen LogP contribution in [0.4, 0.5) is 0 Å². The minimum absolute atomic E-state index is 0.0867. The first-order valence-corrected chi connectivity index (χ1v) is 8.82. The van der Waals surface area contributed by atoms with Crippen LogP contribution < -0.4 is 15.4 Å². The zero-order valence-electron chi connectivity index (χ0n) is 14.6. The second kappa shape index (κ2) is 9.46. The Labute approximate surface area is 162 Å². The fourth-order valence-electron chi connectivity index (χ4n) is 2.15. The van der Waals surface area contributed by atoms with Gasteiger partial charge in [-0.25, -0.2) is 0 Å². The number of rotatable bonds is 7. The number of aryl methyl sites for hydroxylation is 2. The first kappa shape index (κ1) is 20.1. The van der Waals surface area contributed by atoms with Gasteiger partial charge in [0.2, 0.25) is 0 Å². The summed E-state index contributed by atoms with van der Waals surface area (Å²) in [7, 11) is 0. The molecule has 5 nitrogen and oxygen atoms in total. The third-order valence-corrected chi connectivity index (χ3v) is 4.32. The van der Waals surface area contributed by atoms with E-state index < -0.39 is 0 Å². The van der Waals surface area contributed by atoms with E-state index in [2.05, 4.69) is 10.6 Å². The molecule has 138 valence electrons. The monoisotopic (exact) mass is 394 g/mol. The molecule has 7 heteroatoms. The molecule has 2 aromatic rings. The van der Waals surface area contributed by atoms with Gasteiger partial charge in [-0.1, -0.05) is 29.3 Å². The molecule has 0 unspecified atom stereocenters. The van der Waals surface area contributed by atoms with Crippen molar-refractivity contribution in [3.05, 3.63) is 63.1 Å². The van der Waals surface area contributed by atoms with Gasteiger partial charge in [-0.15, -0.1) is 0 Å². The summed E-state index contributed by atoms with van der Waals surface area (Å²) in [5.41, 5.74) is 2.56. The second-order valence-electron chi connectivity index (χ2n) is 5.76. The number of benzene rings is 2. The van der Waals surface area contributed by atoms with Crippen molar-refractivity contribution >= 4 is 35.0 Å². The van der Waals surface area contributed by atoms with Gasteiger partial charge in [0.05, 0.1) is 10.6 Å². The maximum atomic E-state index is 12.0. The molecule has 2 aromatic carbocycles.